The van der Waals surface area contributed by atoms with Crippen LogP contribution in [-0.2, 0) is 4.79 Å². The van der Waals surface area contributed by atoms with Gasteiger partial charge in [-0.15, -0.1) is 11.8 Å². The lowest BCUT2D eigenvalue weighted by molar-refractivity contribution is -0.129. The summed E-state index contributed by atoms with van der Waals surface area (Å²) in [6.45, 7) is 11.6. The number of urea groups is 1. The van der Waals surface area contributed by atoms with Gasteiger partial charge in [0.1, 0.15) is 5.37 Å². The predicted octanol–water partition coefficient (Wildman–Crippen LogP) is 3.40. The second-order valence-corrected chi connectivity index (χ2v) is 8.13. The molecule has 1 aromatic rings. The molecule has 5 nitrogen and oxygen atoms in total. The van der Waals surface area contributed by atoms with Crippen LogP contribution in [0, 0.1) is 6.92 Å². The van der Waals surface area contributed by atoms with Crippen molar-refractivity contribution >= 4 is 23.7 Å². The number of nitrogens with zero attached hydrogens (tertiary/aromatic N) is 2. The van der Waals surface area contributed by atoms with Crippen molar-refractivity contribution in [3.8, 4) is 0 Å². The zero-order chi connectivity index (χ0) is 18.6. The number of aryl methyl sites for hydroxylation is 1. The molecule has 25 heavy (non-hydrogen) atoms. The molecule has 0 unspecified atom stereocenters. The Kier molecular flexibility index (Phi) is 6.76. The maximum absolute atomic E-state index is 12.6. The van der Waals surface area contributed by atoms with Gasteiger partial charge in [0.15, 0.2) is 0 Å². The summed E-state index contributed by atoms with van der Waals surface area (Å²) >= 11 is 1.68. The standard InChI is InChI=1S/C19H29N3O2S/c1-6-21(19(24)20-13(2)3)11-12-22-17(23)15(5)25-18(22)16-10-8-7-9-14(16)4/h7-10,13,15,18H,6,11-12H2,1-5H3,(H,20,24)/t15-,18-/m0/s1. The van der Waals surface area contributed by atoms with Crippen molar-refractivity contribution in [2.75, 3.05) is 19.6 Å². The highest BCUT2D eigenvalue weighted by atomic mass is 32.2. The van der Waals surface area contributed by atoms with Crippen molar-refractivity contribution in [2.45, 2.75) is 51.3 Å². The monoisotopic (exact) mass is 363 g/mol. The highest BCUT2D eigenvalue weighted by Gasteiger charge is 2.38. The Morgan fingerprint density at radius 2 is 2.04 bits per heavy atom. The number of thioether (sulfide) groups is 1. The third-order valence-electron chi connectivity index (χ3n) is 4.39. The fourth-order valence-electron chi connectivity index (χ4n) is 2.98. The molecule has 0 saturated carbocycles. The van der Waals surface area contributed by atoms with Crippen molar-refractivity contribution < 1.29 is 9.59 Å². The molecule has 0 aliphatic carbocycles. The van der Waals surface area contributed by atoms with E-state index in [1.165, 1.54) is 11.1 Å². The van der Waals surface area contributed by atoms with E-state index < -0.39 is 0 Å². The minimum atomic E-state index is -0.0720. The first-order valence-corrected chi connectivity index (χ1v) is 9.86. The number of rotatable bonds is 6. The number of benzene rings is 1. The summed E-state index contributed by atoms with van der Waals surface area (Å²) < 4.78 is 0. The summed E-state index contributed by atoms with van der Waals surface area (Å²) in [7, 11) is 0. The van der Waals surface area contributed by atoms with E-state index in [1.54, 1.807) is 16.7 Å². The van der Waals surface area contributed by atoms with E-state index in [2.05, 4.69) is 24.4 Å². The smallest absolute Gasteiger partial charge is 0.317 e. The quantitative estimate of drug-likeness (QED) is 0.843. The highest BCUT2D eigenvalue weighted by Crippen LogP contribution is 2.43. The summed E-state index contributed by atoms with van der Waals surface area (Å²) in [4.78, 5) is 28.6. The third kappa shape index (κ3) is 4.69. The van der Waals surface area contributed by atoms with Gasteiger partial charge in [0.25, 0.3) is 0 Å². The van der Waals surface area contributed by atoms with E-state index >= 15 is 0 Å². The SMILES string of the molecule is CCN(CCN1C(=O)[C@H](C)S[C@H]1c1ccccc1C)C(=O)NC(C)C. The molecule has 0 radical (unpaired) electrons. The molecule has 3 amide bonds. The normalized spacial score (nSPS) is 20.2. The molecule has 1 fully saturated rings. The lowest BCUT2D eigenvalue weighted by atomic mass is 10.1. The summed E-state index contributed by atoms with van der Waals surface area (Å²) in [6, 6.07) is 8.23. The van der Waals surface area contributed by atoms with Crippen LogP contribution < -0.4 is 5.32 Å². The number of hydrogen-bond donors (Lipinski definition) is 1. The van der Waals surface area contributed by atoms with Crippen LogP contribution in [0.1, 0.15) is 44.2 Å². The molecule has 1 aliphatic rings. The first kappa shape index (κ1) is 19.6. The van der Waals surface area contributed by atoms with Crippen molar-refractivity contribution in [1.29, 1.82) is 0 Å². The Hall–Kier alpha value is -1.69. The molecule has 2 atom stereocenters. The zero-order valence-corrected chi connectivity index (χ0v) is 16.6. The Morgan fingerprint density at radius 1 is 1.36 bits per heavy atom. The molecule has 0 bridgehead atoms. The Morgan fingerprint density at radius 3 is 2.64 bits per heavy atom. The van der Waals surface area contributed by atoms with Crippen LogP contribution in [0.25, 0.3) is 0 Å². The molecule has 1 aliphatic heterocycles. The van der Waals surface area contributed by atoms with Crippen molar-refractivity contribution in [1.82, 2.24) is 15.1 Å². The maximum Gasteiger partial charge on any atom is 0.317 e. The summed E-state index contributed by atoms with van der Waals surface area (Å²) in [5.74, 6) is 0.151. The highest BCUT2D eigenvalue weighted by molar-refractivity contribution is 8.01. The number of hydrogen-bond acceptors (Lipinski definition) is 3. The second kappa shape index (κ2) is 8.61. The minimum absolute atomic E-state index is 0.0237. The fourth-order valence-corrected chi connectivity index (χ4v) is 4.38. The van der Waals surface area contributed by atoms with Crippen LogP contribution in [0.15, 0.2) is 24.3 Å². The Labute approximate surface area is 155 Å². The maximum atomic E-state index is 12.6. The van der Waals surface area contributed by atoms with Gasteiger partial charge < -0.3 is 15.1 Å². The molecular weight excluding hydrogens is 334 g/mol. The Bertz CT molecular complexity index is 620. The third-order valence-corrected chi connectivity index (χ3v) is 5.77. The van der Waals surface area contributed by atoms with Gasteiger partial charge in [-0.3, -0.25) is 4.79 Å². The number of carbonyl (C=O) groups is 2. The predicted molar refractivity (Wildman–Crippen MR) is 104 cm³/mol. The van der Waals surface area contributed by atoms with Gasteiger partial charge in [-0.25, -0.2) is 4.79 Å². The fraction of sp³-hybridized carbons (Fsp3) is 0.579. The van der Waals surface area contributed by atoms with Crippen molar-refractivity contribution in [3.05, 3.63) is 35.4 Å². The molecule has 6 heteroatoms. The van der Waals surface area contributed by atoms with Crippen LogP contribution in [0.4, 0.5) is 4.79 Å². The van der Waals surface area contributed by atoms with Crippen LogP contribution >= 0.6 is 11.8 Å². The van der Waals surface area contributed by atoms with Crippen LogP contribution in [0.5, 0.6) is 0 Å². The van der Waals surface area contributed by atoms with E-state index in [9.17, 15) is 9.59 Å². The topological polar surface area (TPSA) is 52.7 Å². The Balaban J connectivity index is 2.11. The van der Waals surface area contributed by atoms with E-state index in [-0.39, 0.29) is 28.6 Å². The molecule has 1 aromatic carbocycles. The van der Waals surface area contributed by atoms with Gasteiger partial charge >= 0.3 is 6.03 Å². The van der Waals surface area contributed by atoms with Crippen LogP contribution in [0.2, 0.25) is 0 Å². The average Bonchev–Trinajstić information content (AvgIpc) is 2.83. The van der Waals surface area contributed by atoms with Gasteiger partial charge in [-0.2, -0.15) is 0 Å². The number of carbonyl (C=O) groups excluding carboxylic acids is 2. The van der Waals surface area contributed by atoms with E-state index in [0.717, 1.165) is 0 Å². The van der Waals surface area contributed by atoms with Gasteiger partial charge in [0.2, 0.25) is 5.91 Å². The minimum Gasteiger partial charge on any atom is -0.336 e. The van der Waals surface area contributed by atoms with Gasteiger partial charge in [0.05, 0.1) is 5.25 Å². The first-order valence-electron chi connectivity index (χ1n) is 8.92. The van der Waals surface area contributed by atoms with Gasteiger partial charge in [0, 0.05) is 25.7 Å². The molecule has 1 heterocycles. The molecule has 0 spiro atoms. The van der Waals surface area contributed by atoms with Crippen molar-refractivity contribution in [2.24, 2.45) is 0 Å². The van der Waals surface area contributed by atoms with E-state index in [0.29, 0.717) is 19.6 Å². The zero-order valence-electron chi connectivity index (χ0n) is 15.8. The number of amides is 3. The number of likely N-dealkylation sites (N-methyl/N-ethyl adjacent to an activating group) is 1. The lowest BCUT2D eigenvalue weighted by Gasteiger charge is -2.29. The van der Waals surface area contributed by atoms with Crippen LogP contribution in [0.3, 0.4) is 0 Å². The molecular formula is C19H29N3O2S. The molecule has 1 saturated heterocycles. The van der Waals surface area contributed by atoms with E-state index in [4.69, 9.17) is 0 Å². The first-order chi connectivity index (χ1) is 11.8. The molecule has 2 rings (SSSR count). The number of nitrogens with one attached hydrogen (secondary N) is 1. The molecule has 1 N–H and O–H groups in total. The van der Waals surface area contributed by atoms with E-state index in [1.807, 2.05) is 44.7 Å². The lowest BCUT2D eigenvalue weighted by Crippen LogP contribution is -2.46. The average molecular weight is 364 g/mol. The largest absolute Gasteiger partial charge is 0.336 e. The van der Waals surface area contributed by atoms with Gasteiger partial charge in [-0.1, -0.05) is 24.3 Å². The summed E-state index contributed by atoms with van der Waals surface area (Å²) in [6.07, 6.45) is 0. The summed E-state index contributed by atoms with van der Waals surface area (Å²) in [5, 5.41) is 2.89. The molecule has 0 aromatic heterocycles. The second-order valence-electron chi connectivity index (χ2n) is 6.70. The van der Waals surface area contributed by atoms with Crippen LogP contribution in [-0.4, -0.2) is 52.7 Å². The van der Waals surface area contributed by atoms with Crippen molar-refractivity contribution in [3.63, 3.8) is 0 Å². The molecule has 138 valence electrons. The summed E-state index contributed by atoms with van der Waals surface area (Å²) in [5.41, 5.74) is 2.37. The van der Waals surface area contributed by atoms with Gasteiger partial charge in [-0.05, 0) is 45.7 Å².